The zero-order chi connectivity index (χ0) is 23.0. The fourth-order valence-electron chi connectivity index (χ4n) is 2.39. The molecule has 0 N–H and O–H groups in total. The van der Waals surface area contributed by atoms with Crippen molar-refractivity contribution in [2.45, 2.75) is 79.8 Å². The molecule has 0 spiro atoms. The van der Waals surface area contributed by atoms with Gasteiger partial charge in [-0.15, -0.1) is 0 Å². The summed E-state index contributed by atoms with van der Waals surface area (Å²) >= 11 is 19.3. The van der Waals surface area contributed by atoms with E-state index in [1.54, 1.807) is 4.90 Å². The molecular formula is C20H37Cl3N2O2S2. The number of nitrogens with zero attached hydrogens (tertiary/aromatic N) is 2. The van der Waals surface area contributed by atoms with Crippen LogP contribution < -0.4 is 0 Å². The molecule has 0 aliphatic carbocycles. The van der Waals surface area contributed by atoms with Crippen molar-refractivity contribution in [1.82, 2.24) is 9.80 Å². The molecule has 0 saturated carbocycles. The van der Waals surface area contributed by atoms with E-state index in [0.717, 1.165) is 49.9 Å². The highest BCUT2D eigenvalue weighted by atomic mass is 35.5. The van der Waals surface area contributed by atoms with Crippen LogP contribution in [-0.2, 0) is 0 Å². The second-order valence-electron chi connectivity index (χ2n) is 6.92. The van der Waals surface area contributed by atoms with Gasteiger partial charge in [0.1, 0.15) is 4.49 Å². The molecular weight excluding hydrogens is 471 g/mol. The predicted octanol–water partition coefficient (Wildman–Crippen LogP) is 8.22. The lowest BCUT2D eigenvalue weighted by Gasteiger charge is -2.30. The van der Waals surface area contributed by atoms with Crippen molar-refractivity contribution in [3.05, 3.63) is 9.52 Å². The number of thioether (sulfide) groups is 2. The minimum absolute atomic E-state index is 0.0160. The lowest BCUT2D eigenvalue weighted by molar-refractivity contribution is 0.190. The molecule has 0 radical (unpaired) electrons. The van der Waals surface area contributed by atoms with Crippen LogP contribution in [0.5, 0.6) is 0 Å². The average Bonchev–Trinajstić information content (AvgIpc) is 2.63. The van der Waals surface area contributed by atoms with Gasteiger partial charge in [0.15, 0.2) is 0 Å². The lowest BCUT2D eigenvalue weighted by Crippen LogP contribution is -2.39. The van der Waals surface area contributed by atoms with Crippen LogP contribution in [-0.4, -0.2) is 57.0 Å². The fourth-order valence-corrected chi connectivity index (χ4v) is 4.55. The molecule has 0 heterocycles. The van der Waals surface area contributed by atoms with Crippen molar-refractivity contribution in [1.29, 1.82) is 0 Å². The predicted molar refractivity (Wildman–Crippen MR) is 135 cm³/mol. The molecule has 9 heteroatoms. The molecule has 2 amide bonds. The Kier molecular flexibility index (Phi) is 20.6. The van der Waals surface area contributed by atoms with E-state index in [4.69, 9.17) is 34.8 Å². The summed E-state index contributed by atoms with van der Waals surface area (Å²) in [5.41, 5.74) is 0. The highest BCUT2D eigenvalue weighted by Gasteiger charge is 2.20. The van der Waals surface area contributed by atoms with Gasteiger partial charge < -0.3 is 9.80 Å². The van der Waals surface area contributed by atoms with Crippen LogP contribution in [0.1, 0.15) is 67.7 Å². The minimum atomic E-state index is -0.0160. The highest BCUT2D eigenvalue weighted by Crippen LogP contribution is 2.24. The molecule has 0 unspecified atom stereocenters. The third-order valence-corrected chi connectivity index (χ3v) is 6.66. The summed E-state index contributed by atoms with van der Waals surface area (Å²) in [6.07, 6.45) is 3.18. The van der Waals surface area contributed by atoms with Crippen molar-refractivity contribution in [3.8, 4) is 0 Å². The largest absolute Gasteiger partial charge is 0.334 e. The molecule has 0 aromatic carbocycles. The summed E-state index contributed by atoms with van der Waals surface area (Å²) < 4.78 is 0.0163. The molecule has 0 aliphatic rings. The molecule has 0 fully saturated rings. The number of rotatable bonds is 10. The van der Waals surface area contributed by atoms with Gasteiger partial charge in [-0.05, 0) is 47.0 Å². The van der Waals surface area contributed by atoms with Gasteiger partial charge in [-0.1, -0.05) is 79.1 Å². The summed E-state index contributed by atoms with van der Waals surface area (Å²) in [4.78, 5) is 27.2. The van der Waals surface area contributed by atoms with Gasteiger partial charge in [0.2, 0.25) is 0 Å². The number of hydrogen-bond acceptors (Lipinski definition) is 4. The Balaban J connectivity index is 0. The Morgan fingerprint density at radius 3 is 1.62 bits per heavy atom. The maximum Gasteiger partial charge on any atom is 0.282 e. The van der Waals surface area contributed by atoms with Gasteiger partial charge >= 0.3 is 0 Å². The first kappa shape index (κ1) is 31.4. The summed E-state index contributed by atoms with van der Waals surface area (Å²) in [5, 5.41) is 0.539. The van der Waals surface area contributed by atoms with E-state index in [1.165, 1.54) is 11.8 Å². The number of halogens is 3. The smallest absolute Gasteiger partial charge is 0.282 e. The summed E-state index contributed by atoms with van der Waals surface area (Å²) in [6.45, 7) is 16.0. The Morgan fingerprint density at radius 2 is 1.28 bits per heavy atom. The van der Waals surface area contributed by atoms with E-state index in [-0.39, 0.29) is 27.1 Å². The normalized spacial score (nSPS) is 10.5. The fraction of sp³-hybridized carbons (Fsp3) is 0.800. The molecule has 172 valence electrons. The summed E-state index contributed by atoms with van der Waals surface area (Å²) in [5.74, 6) is 1.25. The van der Waals surface area contributed by atoms with E-state index >= 15 is 0 Å². The minimum Gasteiger partial charge on any atom is -0.334 e. The van der Waals surface area contributed by atoms with Crippen LogP contribution in [0, 0.1) is 0 Å². The quantitative estimate of drug-likeness (QED) is 0.298. The SMILES string of the molecule is CC(C)N(C(=O)SCC(Cl)=C(Cl)Cl)C(C)C.CCCSC(=O)N(CCC)CCC. The maximum atomic E-state index is 11.9. The Hall–Kier alpha value is 0.250. The van der Waals surface area contributed by atoms with Crippen LogP contribution in [0.4, 0.5) is 9.59 Å². The van der Waals surface area contributed by atoms with Gasteiger partial charge in [-0.2, -0.15) is 0 Å². The molecule has 29 heavy (non-hydrogen) atoms. The summed E-state index contributed by atoms with van der Waals surface area (Å²) in [6, 6.07) is 0.323. The highest BCUT2D eigenvalue weighted by molar-refractivity contribution is 8.13. The second kappa shape index (κ2) is 19.0. The Labute approximate surface area is 201 Å². The summed E-state index contributed by atoms with van der Waals surface area (Å²) in [7, 11) is 0. The molecule has 0 atom stereocenters. The standard InChI is InChI=1S/C10H16Cl3NOS.C10H21NOS/c1-6(2)14(7(3)4)10(15)16-5-8(11)9(12)13;1-4-7-11(8-5-2)10(12)13-9-6-3/h6-7H,5H2,1-4H3;4-9H2,1-3H3. The first-order chi connectivity index (χ1) is 13.5. The van der Waals surface area contributed by atoms with Crippen LogP contribution in [0.2, 0.25) is 0 Å². The van der Waals surface area contributed by atoms with Crippen LogP contribution >= 0.6 is 58.3 Å². The van der Waals surface area contributed by atoms with Crippen molar-refractivity contribution in [2.75, 3.05) is 24.6 Å². The first-order valence-electron chi connectivity index (χ1n) is 10.1. The van der Waals surface area contributed by atoms with Crippen LogP contribution in [0.15, 0.2) is 9.52 Å². The zero-order valence-corrected chi connectivity index (χ0v) is 22.7. The van der Waals surface area contributed by atoms with E-state index in [9.17, 15) is 9.59 Å². The van der Waals surface area contributed by atoms with Gasteiger partial charge in [-0.25, -0.2) is 0 Å². The van der Waals surface area contributed by atoms with E-state index in [2.05, 4.69) is 20.8 Å². The Morgan fingerprint density at radius 1 is 0.793 bits per heavy atom. The molecule has 4 nitrogen and oxygen atoms in total. The Bertz CT molecular complexity index is 486. The average molecular weight is 508 g/mol. The lowest BCUT2D eigenvalue weighted by atomic mass is 10.2. The third kappa shape index (κ3) is 15.7. The topological polar surface area (TPSA) is 40.6 Å². The molecule has 0 rings (SSSR count). The van der Waals surface area contributed by atoms with E-state index in [1.807, 2.05) is 32.6 Å². The van der Waals surface area contributed by atoms with Crippen LogP contribution in [0.25, 0.3) is 0 Å². The van der Waals surface area contributed by atoms with Gasteiger partial charge in [0.05, 0.1) is 5.03 Å². The number of carbonyl (C=O) groups is 2. The van der Waals surface area contributed by atoms with E-state index < -0.39 is 0 Å². The molecule has 0 bridgehead atoms. The number of hydrogen-bond donors (Lipinski definition) is 0. The van der Waals surface area contributed by atoms with Crippen LogP contribution in [0.3, 0.4) is 0 Å². The van der Waals surface area contributed by atoms with Crippen molar-refractivity contribution in [2.24, 2.45) is 0 Å². The van der Waals surface area contributed by atoms with Crippen molar-refractivity contribution in [3.63, 3.8) is 0 Å². The number of carbonyl (C=O) groups excluding carboxylic acids is 2. The third-order valence-electron chi connectivity index (χ3n) is 3.53. The maximum absolute atomic E-state index is 11.9. The number of amides is 2. The monoisotopic (exact) mass is 506 g/mol. The molecule has 0 aliphatic heterocycles. The molecule has 0 saturated heterocycles. The first-order valence-corrected chi connectivity index (χ1v) is 13.2. The van der Waals surface area contributed by atoms with Gasteiger partial charge in [0, 0.05) is 36.7 Å². The zero-order valence-electron chi connectivity index (χ0n) is 18.8. The van der Waals surface area contributed by atoms with Gasteiger partial charge in [-0.3, -0.25) is 9.59 Å². The second-order valence-corrected chi connectivity index (χ2v) is 10.3. The molecule has 0 aromatic heterocycles. The van der Waals surface area contributed by atoms with Crippen molar-refractivity contribution < 1.29 is 9.59 Å². The van der Waals surface area contributed by atoms with Crippen molar-refractivity contribution >= 4 is 68.8 Å². The molecule has 0 aromatic rings. The van der Waals surface area contributed by atoms with E-state index in [0.29, 0.717) is 10.8 Å². The van der Waals surface area contributed by atoms with Gasteiger partial charge in [0.25, 0.3) is 10.5 Å².